The van der Waals surface area contributed by atoms with E-state index in [1.54, 1.807) is 0 Å². The van der Waals surface area contributed by atoms with Crippen molar-refractivity contribution < 1.29 is 87.9 Å². The fourth-order valence-corrected chi connectivity index (χ4v) is 0. The van der Waals surface area contributed by atoms with Gasteiger partial charge in [-0.3, -0.25) is 0 Å². The summed E-state index contributed by atoms with van der Waals surface area (Å²) in [5.41, 5.74) is 0. The minimum atomic E-state index is 0. The molecule has 0 saturated heterocycles. The van der Waals surface area contributed by atoms with Gasteiger partial charge in [-0.2, -0.15) is 0 Å². The van der Waals surface area contributed by atoms with Gasteiger partial charge in [0.05, 0.1) is 0 Å². The Kier molecular flexibility index (Phi) is 294. The van der Waals surface area contributed by atoms with Crippen LogP contribution in [0, 0.1) is 0 Å². The quantitative estimate of drug-likeness (QED) is 0.513. The van der Waals surface area contributed by atoms with Gasteiger partial charge < -0.3 is 5.48 Å². The average Bonchev–Trinajstić information content (AvgIpc) is 0. The van der Waals surface area contributed by atoms with Crippen molar-refractivity contribution >= 4 is 0 Å². The fraction of sp³-hybridized carbons (Fsp3) is 0. The molecule has 0 heterocycles. The normalized spacial score (nSPS) is 0. The third-order valence-electron chi connectivity index (χ3n) is 0. The number of hydrogen-bond acceptors (Lipinski definition) is 0. The summed E-state index contributed by atoms with van der Waals surface area (Å²) < 4.78 is 0. The van der Waals surface area contributed by atoms with Gasteiger partial charge in [0.25, 0.3) is 0 Å². The van der Waals surface area contributed by atoms with Crippen molar-refractivity contribution in [3.05, 3.63) is 0 Å². The molecule has 0 aliphatic heterocycles. The standard InChI is InChI=1S/Mo.O.Ti.V.W/q+4;-2;+4;;. The van der Waals surface area contributed by atoms with Crippen molar-refractivity contribution in [3.63, 3.8) is 0 Å². The van der Waals surface area contributed by atoms with E-state index in [2.05, 4.69) is 0 Å². The van der Waals surface area contributed by atoms with Gasteiger partial charge >= 0.3 is 42.8 Å². The van der Waals surface area contributed by atoms with E-state index in [9.17, 15) is 0 Å². The Labute approximate surface area is 86.6 Å². The third-order valence-corrected chi connectivity index (χ3v) is 0. The summed E-state index contributed by atoms with van der Waals surface area (Å²) in [5.74, 6) is 0. The summed E-state index contributed by atoms with van der Waals surface area (Å²) in [6, 6.07) is 0. The van der Waals surface area contributed by atoms with E-state index in [-0.39, 0.29) is 87.9 Å². The van der Waals surface area contributed by atoms with Crippen molar-refractivity contribution in [2.75, 3.05) is 0 Å². The maximum atomic E-state index is 0. The van der Waals surface area contributed by atoms with Gasteiger partial charge in [0.2, 0.25) is 0 Å². The summed E-state index contributed by atoms with van der Waals surface area (Å²) in [4.78, 5) is 0. The minimum absolute atomic E-state index is 0. The van der Waals surface area contributed by atoms with Gasteiger partial charge in [0, 0.05) is 39.6 Å². The van der Waals surface area contributed by atoms with E-state index >= 15 is 0 Å². The molecule has 0 fully saturated rings. The molecule has 0 atom stereocenters. The molecule has 0 aliphatic rings. The molecular formula is MoOTiVW+6. The maximum Gasteiger partial charge on any atom is 4.00 e. The van der Waals surface area contributed by atoms with Crippen LogP contribution in [0.25, 0.3) is 0 Å². The molecule has 0 N–H and O–H groups in total. The summed E-state index contributed by atoms with van der Waals surface area (Å²) >= 11 is 0. The predicted octanol–water partition coefficient (Wildman–Crippen LogP) is -0.129. The second kappa shape index (κ2) is 30.3. The van der Waals surface area contributed by atoms with Gasteiger partial charge in [-0.1, -0.05) is 0 Å². The molecule has 0 amide bonds. The molecule has 21 valence electrons. The molecule has 0 unspecified atom stereocenters. The Bertz CT molecular complexity index is 11.6. The van der Waals surface area contributed by atoms with Gasteiger partial charge in [-0.15, -0.1) is 0 Å². The molecule has 0 bridgehead atoms. The first-order valence-electron chi connectivity index (χ1n) is 0. The Morgan fingerprint density at radius 1 is 1.00 bits per heavy atom. The van der Waals surface area contributed by atoms with Crippen molar-refractivity contribution in [1.82, 2.24) is 0 Å². The van der Waals surface area contributed by atoms with E-state index in [1.165, 1.54) is 0 Å². The van der Waals surface area contributed by atoms with Crippen LogP contribution in [0.4, 0.5) is 0 Å². The maximum absolute atomic E-state index is 0. The van der Waals surface area contributed by atoms with E-state index < -0.39 is 0 Å². The van der Waals surface area contributed by atoms with Crippen LogP contribution in [0.2, 0.25) is 0 Å². The topological polar surface area (TPSA) is 28.5 Å². The molecule has 0 aromatic rings. The smallest absolute Gasteiger partial charge is 2.00 e. The van der Waals surface area contributed by atoms with Gasteiger partial charge in [0.1, 0.15) is 0 Å². The Hall–Kier alpha value is 2.64. The van der Waals surface area contributed by atoms with Crippen molar-refractivity contribution in [2.24, 2.45) is 0 Å². The van der Waals surface area contributed by atoms with E-state index in [1.807, 2.05) is 0 Å². The molecule has 0 aromatic carbocycles. The molecule has 5 heteroatoms. The van der Waals surface area contributed by atoms with Crippen LogP contribution in [-0.4, -0.2) is 0 Å². The molecule has 0 aliphatic carbocycles. The summed E-state index contributed by atoms with van der Waals surface area (Å²) in [5, 5.41) is 0. The Balaban J connectivity index is 0. The van der Waals surface area contributed by atoms with Crippen LogP contribution in [0.5, 0.6) is 0 Å². The fourth-order valence-electron chi connectivity index (χ4n) is 0. The predicted molar refractivity (Wildman–Crippen MR) is 0.686 cm³/mol. The van der Waals surface area contributed by atoms with Crippen LogP contribution in [0.1, 0.15) is 0 Å². The number of rotatable bonds is 0. The van der Waals surface area contributed by atoms with Crippen LogP contribution in [0.15, 0.2) is 0 Å². The van der Waals surface area contributed by atoms with Crippen molar-refractivity contribution in [3.8, 4) is 0 Å². The molecule has 1 nitrogen and oxygen atoms in total. The molecule has 1 radical (unpaired) electrons. The van der Waals surface area contributed by atoms with Crippen LogP contribution < -0.4 is 0 Å². The summed E-state index contributed by atoms with van der Waals surface area (Å²) in [7, 11) is 0. The Morgan fingerprint density at radius 2 is 1.00 bits per heavy atom. The molecule has 5 heavy (non-hydrogen) atoms. The van der Waals surface area contributed by atoms with E-state index in [0.717, 1.165) is 0 Å². The van der Waals surface area contributed by atoms with Gasteiger partial charge in [0.15, 0.2) is 0 Å². The molecule has 0 saturated carbocycles. The summed E-state index contributed by atoms with van der Waals surface area (Å²) in [6.45, 7) is 0. The molecular weight excluding hydrogens is 395 g/mol. The van der Waals surface area contributed by atoms with E-state index in [4.69, 9.17) is 0 Å². The van der Waals surface area contributed by atoms with Crippen molar-refractivity contribution in [1.29, 1.82) is 0 Å². The first-order valence-corrected chi connectivity index (χ1v) is 0. The van der Waals surface area contributed by atoms with Crippen molar-refractivity contribution in [2.45, 2.75) is 0 Å². The van der Waals surface area contributed by atoms with Crippen LogP contribution >= 0.6 is 0 Å². The van der Waals surface area contributed by atoms with E-state index in [0.29, 0.717) is 0 Å². The average molecular weight is 395 g/mol. The third kappa shape index (κ3) is 20.5. The van der Waals surface area contributed by atoms with Gasteiger partial charge in [-0.25, -0.2) is 0 Å². The minimum Gasteiger partial charge on any atom is -2.00 e. The zero-order valence-electron chi connectivity index (χ0n) is 2.17. The molecule has 0 aromatic heterocycles. The van der Waals surface area contributed by atoms with Gasteiger partial charge in [-0.05, 0) is 0 Å². The number of hydrogen-bond donors (Lipinski definition) is 0. The summed E-state index contributed by atoms with van der Waals surface area (Å²) in [6.07, 6.45) is 0. The van der Waals surface area contributed by atoms with Crippen LogP contribution in [0.3, 0.4) is 0 Å². The zero-order chi connectivity index (χ0) is 0. The first kappa shape index (κ1) is 48.4. The molecule has 0 spiro atoms. The SMILES string of the molecule is [Mo+4].[O-2].[Ti+4].[V].[W]. The largest absolute Gasteiger partial charge is 4.00 e. The zero-order valence-corrected chi connectivity index (χ0v) is 10.1. The second-order valence-corrected chi connectivity index (χ2v) is 0. The first-order chi connectivity index (χ1) is 0. The monoisotopic (exact) mass is 397 g/mol. The van der Waals surface area contributed by atoms with Crippen LogP contribution in [-0.2, 0) is 87.9 Å². The molecule has 0 rings (SSSR count). The second-order valence-electron chi connectivity index (χ2n) is 0. The Morgan fingerprint density at radius 3 is 1.00 bits per heavy atom.